The Morgan fingerprint density at radius 2 is 1.49 bits per heavy atom. The van der Waals surface area contributed by atoms with E-state index in [1.165, 1.54) is 0 Å². The molecule has 0 fully saturated rings. The Hall–Kier alpha value is -5.94. The number of benzene rings is 5. The molecule has 7 aromatic rings. The van der Waals surface area contributed by atoms with Gasteiger partial charge < -0.3 is 14.2 Å². The molecule has 0 radical (unpaired) electrons. The first kappa shape index (κ1) is 27.9. The van der Waals surface area contributed by atoms with Crippen molar-refractivity contribution in [3.63, 3.8) is 0 Å². The molecule has 0 unspecified atom stereocenters. The van der Waals surface area contributed by atoms with Crippen LogP contribution in [-0.2, 0) is 6.54 Å². The number of nitrogens with zero attached hydrogens (tertiary/aromatic N) is 2. The van der Waals surface area contributed by atoms with Gasteiger partial charge in [0.25, 0.3) is 0 Å². The van der Waals surface area contributed by atoms with Gasteiger partial charge in [-0.2, -0.15) is 0 Å². The van der Waals surface area contributed by atoms with E-state index >= 15 is 0 Å². The zero-order valence-corrected chi connectivity index (χ0v) is 24.9. The molecule has 0 amide bonds. The highest BCUT2D eigenvalue weighted by Gasteiger charge is 2.22. The van der Waals surface area contributed by atoms with Crippen LogP contribution in [0.2, 0.25) is 0 Å². The molecule has 0 spiro atoms. The van der Waals surface area contributed by atoms with E-state index in [2.05, 4.69) is 60.4 Å². The van der Waals surface area contributed by atoms with Crippen molar-refractivity contribution in [1.29, 1.82) is 0 Å². The number of nitrogens with one attached hydrogen (secondary N) is 1. The number of hydrogen-bond donors (Lipinski definition) is 1. The van der Waals surface area contributed by atoms with Gasteiger partial charge in [-0.1, -0.05) is 116 Å². The molecule has 218 valence electrons. The van der Waals surface area contributed by atoms with Crippen LogP contribution in [0.4, 0.5) is 0 Å². The van der Waals surface area contributed by atoms with Crippen molar-refractivity contribution in [1.82, 2.24) is 5.32 Å². The average molecular weight is 586 g/mol. The predicted molar refractivity (Wildman–Crippen MR) is 187 cm³/mol. The third-order valence-corrected chi connectivity index (χ3v) is 7.79. The van der Waals surface area contributed by atoms with Crippen LogP contribution in [0.1, 0.15) is 22.5 Å². The molecular weight excluding hydrogens is 554 g/mol. The normalized spacial score (nSPS) is 12.5. The van der Waals surface area contributed by atoms with E-state index in [4.69, 9.17) is 18.8 Å². The Morgan fingerprint density at radius 3 is 2.29 bits per heavy atom. The first-order valence-corrected chi connectivity index (χ1v) is 14.9. The van der Waals surface area contributed by atoms with Crippen LogP contribution in [-0.4, -0.2) is 18.7 Å². The van der Waals surface area contributed by atoms with Gasteiger partial charge in [-0.25, -0.2) is 4.99 Å². The molecule has 0 aliphatic carbocycles. The Bertz CT molecular complexity index is 2240. The summed E-state index contributed by atoms with van der Waals surface area (Å²) < 4.78 is 12.7. The summed E-state index contributed by atoms with van der Waals surface area (Å²) >= 11 is 0. The van der Waals surface area contributed by atoms with Crippen LogP contribution < -0.4 is 5.32 Å². The molecule has 5 nitrogen and oxygen atoms in total. The largest absolute Gasteiger partial charge is 0.456 e. The van der Waals surface area contributed by atoms with Crippen LogP contribution in [0.25, 0.3) is 50.1 Å². The zero-order chi connectivity index (χ0) is 30.6. The molecular formula is C40H31N3O2. The van der Waals surface area contributed by atoms with E-state index in [1.807, 2.05) is 92.0 Å². The lowest BCUT2D eigenvalue weighted by Gasteiger charge is -2.11. The van der Waals surface area contributed by atoms with Crippen molar-refractivity contribution in [3.05, 3.63) is 163 Å². The fraction of sp³-hybridized carbons (Fsp3) is 0.0500. The number of amidine groups is 2. The van der Waals surface area contributed by atoms with Gasteiger partial charge in [0.1, 0.15) is 28.3 Å². The summed E-state index contributed by atoms with van der Waals surface area (Å²) in [6.45, 7) is 4.34. The average Bonchev–Trinajstić information content (AvgIpc) is 3.66. The van der Waals surface area contributed by atoms with E-state index < -0.39 is 0 Å². The van der Waals surface area contributed by atoms with E-state index in [9.17, 15) is 0 Å². The maximum absolute atomic E-state index is 6.44. The smallest absolute Gasteiger partial charge is 0.157 e. The van der Waals surface area contributed by atoms with E-state index in [0.29, 0.717) is 24.0 Å². The first-order valence-electron chi connectivity index (χ1n) is 14.9. The maximum Gasteiger partial charge on any atom is 0.157 e. The fourth-order valence-corrected chi connectivity index (χ4v) is 5.68. The van der Waals surface area contributed by atoms with Crippen LogP contribution in [0.5, 0.6) is 0 Å². The molecule has 0 aliphatic rings. The summed E-state index contributed by atoms with van der Waals surface area (Å²) in [7, 11) is 1.88. The lowest BCUT2D eigenvalue weighted by Crippen LogP contribution is -2.22. The van der Waals surface area contributed by atoms with Crippen molar-refractivity contribution in [3.8, 4) is 11.1 Å². The minimum Gasteiger partial charge on any atom is -0.456 e. The molecule has 0 atom stereocenters. The molecule has 5 aromatic carbocycles. The van der Waals surface area contributed by atoms with Crippen molar-refractivity contribution < 1.29 is 8.83 Å². The maximum atomic E-state index is 6.44. The van der Waals surface area contributed by atoms with E-state index in [1.54, 1.807) is 6.08 Å². The number of fused-ring (bicyclic) bond motifs is 4. The second kappa shape index (κ2) is 12.3. The third kappa shape index (κ3) is 5.48. The fourth-order valence-electron chi connectivity index (χ4n) is 5.68. The first-order chi connectivity index (χ1) is 22.2. The third-order valence-electron chi connectivity index (χ3n) is 7.79. The van der Waals surface area contributed by atoms with E-state index in [0.717, 1.165) is 60.7 Å². The minimum absolute atomic E-state index is 0.472. The molecule has 0 saturated heterocycles. The molecule has 1 N–H and O–H groups in total. The summed E-state index contributed by atoms with van der Waals surface area (Å²) in [5.41, 5.74) is 7.35. The van der Waals surface area contributed by atoms with Crippen LogP contribution >= 0.6 is 0 Å². The van der Waals surface area contributed by atoms with Crippen molar-refractivity contribution in [2.45, 2.75) is 6.54 Å². The van der Waals surface area contributed by atoms with Crippen LogP contribution in [0.3, 0.4) is 0 Å². The summed E-state index contributed by atoms with van der Waals surface area (Å²) in [5, 5.41) is 6.48. The minimum atomic E-state index is 0.472. The topological polar surface area (TPSA) is 63.0 Å². The summed E-state index contributed by atoms with van der Waals surface area (Å²) in [5.74, 6) is 1.89. The monoisotopic (exact) mass is 585 g/mol. The van der Waals surface area contributed by atoms with Gasteiger partial charge >= 0.3 is 0 Å². The Morgan fingerprint density at radius 1 is 0.756 bits per heavy atom. The summed E-state index contributed by atoms with van der Waals surface area (Å²) in [6, 6.07) is 40.9. The van der Waals surface area contributed by atoms with Gasteiger partial charge in [0, 0.05) is 28.8 Å². The second-order valence-corrected chi connectivity index (χ2v) is 10.6. The number of allylic oxidation sites excluding steroid dienone is 2. The molecule has 2 heterocycles. The van der Waals surface area contributed by atoms with Gasteiger partial charge in [0.05, 0.1) is 12.1 Å². The Labute approximate surface area is 261 Å². The quantitative estimate of drug-likeness (QED) is 0.115. The van der Waals surface area contributed by atoms with Crippen molar-refractivity contribution in [2.75, 3.05) is 7.05 Å². The summed E-state index contributed by atoms with van der Waals surface area (Å²) in [6.07, 6.45) is 5.53. The lowest BCUT2D eigenvalue weighted by molar-refractivity contribution is 0.603. The van der Waals surface area contributed by atoms with Gasteiger partial charge in [-0.15, -0.1) is 0 Å². The molecule has 7 rings (SSSR count). The highest BCUT2D eigenvalue weighted by atomic mass is 16.3. The molecule has 2 aromatic heterocycles. The number of hydrogen-bond acceptors (Lipinski definition) is 3. The Balaban J connectivity index is 1.44. The molecule has 5 heteroatoms. The lowest BCUT2D eigenvalue weighted by atomic mass is 9.97. The van der Waals surface area contributed by atoms with E-state index in [-0.39, 0.29) is 0 Å². The van der Waals surface area contributed by atoms with Gasteiger partial charge in [-0.05, 0) is 47.0 Å². The molecule has 0 aliphatic heterocycles. The number of para-hydroxylation sites is 1. The standard InChI is InChI=1S/C40H31N3O2/c1-3-4-20-35-38(37-30(19-13-22-34(37)45-35)28-16-9-6-10-17-28)40(41-2)43-39(42-26-27-14-7-5-8-15-27)29-23-24-32-31-18-11-12-21-33(31)44-36(32)25-29/h3-25H,1,26H2,2H3,(H,41,42,43)/b20-4-. The highest BCUT2D eigenvalue weighted by molar-refractivity contribution is 6.20. The predicted octanol–water partition coefficient (Wildman–Crippen LogP) is 9.81. The van der Waals surface area contributed by atoms with Crippen LogP contribution in [0, 0.1) is 0 Å². The molecule has 45 heavy (non-hydrogen) atoms. The number of furan rings is 2. The van der Waals surface area contributed by atoms with Gasteiger partial charge in [0.15, 0.2) is 5.84 Å². The Kier molecular flexibility index (Phi) is 7.65. The molecule has 0 bridgehead atoms. The van der Waals surface area contributed by atoms with Crippen molar-refractivity contribution >= 4 is 50.7 Å². The van der Waals surface area contributed by atoms with Gasteiger partial charge in [0.2, 0.25) is 0 Å². The second-order valence-electron chi connectivity index (χ2n) is 10.6. The number of rotatable bonds is 7. The SMILES string of the molecule is C=C/C=C\c1oc2cccc(-c3ccccc3)c2c1/C(=N/C(=N\Cc1ccccc1)c1ccc2c(c1)oc1ccccc12)NC. The highest BCUT2D eigenvalue weighted by Crippen LogP contribution is 2.36. The van der Waals surface area contributed by atoms with Crippen LogP contribution in [0.15, 0.2) is 159 Å². The van der Waals surface area contributed by atoms with Gasteiger partial charge in [-0.3, -0.25) is 4.99 Å². The molecule has 0 saturated carbocycles. The van der Waals surface area contributed by atoms with Crippen molar-refractivity contribution in [2.24, 2.45) is 9.98 Å². The summed E-state index contributed by atoms with van der Waals surface area (Å²) in [4.78, 5) is 10.3. The number of aliphatic imine (C=N–C) groups is 2. The zero-order valence-electron chi connectivity index (χ0n) is 24.9.